The van der Waals surface area contributed by atoms with Crippen molar-refractivity contribution in [3.8, 4) is 0 Å². The van der Waals surface area contributed by atoms with Gasteiger partial charge in [0, 0.05) is 17.9 Å². The van der Waals surface area contributed by atoms with Crippen LogP contribution in [0.4, 0.5) is 11.4 Å². The van der Waals surface area contributed by atoms with Gasteiger partial charge in [0.1, 0.15) is 0 Å². The summed E-state index contributed by atoms with van der Waals surface area (Å²) < 4.78 is 0. The van der Waals surface area contributed by atoms with Gasteiger partial charge in [-0.05, 0) is 56.0 Å². The van der Waals surface area contributed by atoms with Gasteiger partial charge >= 0.3 is 0 Å². The molecule has 1 saturated heterocycles. The number of nitrogens with two attached hydrogens (primary N) is 1. The molecule has 0 saturated carbocycles. The minimum atomic E-state index is 0.458. The molecule has 1 aliphatic rings. The summed E-state index contributed by atoms with van der Waals surface area (Å²) in [6, 6.07) is 15.5. The predicted octanol–water partition coefficient (Wildman–Crippen LogP) is 4.23. The Hall–Kier alpha value is -1.96. The monoisotopic (exact) mass is 266 g/mol. The Balaban J connectivity index is 1.96. The Labute approximate surface area is 121 Å². The first kappa shape index (κ1) is 13.0. The molecule has 1 atom stereocenters. The van der Waals surface area contributed by atoms with Crippen LogP contribution in [-0.2, 0) is 0 Å². The molecule has 3 rings (SSSR count). The molecule has 2 heteroatoms. The second-order valence-corrected chi connectivity index (χ2v) is 5.81. The van der Waals surface area contributed by atoms with Crippen LogP contribution in [0.1, 0.15) is 35.6 Å². The van der Waals surface area contributed by atoms with Crippen molar-refractivity contribution in [3.63, 3.8) is 0 Å². The minimum absolute atomic E-state index is 0.458. The highest BCUT2D eigenvalue weighted by Gasteiger charge is 2.27. The SMILES string of the molecule is Cc1ccc(N2CCCC2c2cccc(N)c2)c(C)c1. The molecular weight excluding hydrogens is 244 g/mol. The van der Waals surface area contributed by atoms with Gasteiger partial charge in [-0.3, -0.25) is 0 Å². The first-order valence-corrected chi connectivity index (χ1v) is 7.34. The van der Waals surface area contributed by atoms with Crippen molar-refractivity contribution in [3.05, 3.63) is 59.2 Å². The van der Waals surface area contributed by atoms with Crippen LogP contribution >= 0.6 is 0 Å². The largest absolute Gasteiger partial charge is 0.399 e. The smallest absolute Gasteiger partial charge is 0.0543 e. The molecule has 1 fully saturated rings. The van der Waals surface area contributed by atoms with Crippen molar-refractivity contribution >= 4 is 11.4 Å². The fourth-order valence-corrected chi connectivity index (χ4v) is 3.30. The molecule has 2 N–H and O–H groups in total. The maximum Gasteiger partial charge on any atom is 0.0543 e. The molecule has 1 heterocycles. The topological polar surface area (TPSA) is 29.3 Å². The molecule has 1 aliphatic heterocycles. The van der Waals surface area contributed by atoms with Crippen LogP contribution in [0.15, 0.2) is 42.5 Å². The molecular formula is C18H22N2. The standard InChI is InChI=1S/C18H22N2/c1-13-8-9-17(14(2)11-13)20-10-4-7-18(20)15-5-3-6-16(19)12-15/h3,5-6,8-9,11-12,18H,4,7,10,19H2,1-2H3. The Kier molecular flexibility index (Phi) is 3.39. The summed E-state index contributed by atoms with van der Waals surface area (Å²) in [5.74, 6) is 0. The third-order valence-corrected chi connectivity index (χ3v) is 4.21. The highest BCUT2D eigenvalue weighted by molar-refractivity contribution is 5.57. The van der Waals surface area contributed by atoms with E-state index in [0.29, 0.717) is 6.04 Å². The fraction of sp³-hybridized carbons (Fsp3) is 0.333. The van der Waals surface area contributed by atoms with Gasteiger partial charge in [0.15, 0.2) is 0 Å². The van der Waals surface area contributed by atoms with E-state index in [-0.39, 0.29) is 0 Å². The highest BCUT2D eigenvalue weighted by Crippen LogP contribution is 2.38. The molecule has 20 heavy (non-hydrogen) atoms. The summed E-state index contributed by atoms with van der Waals surface area (Å²) in [5, 5.41) is 0. The lowest BCUT2D eigenvalue weighted by Crippen LogP contribution is -2.23. The van der Waals surface area contributed by atoms with E-state index < -0.39 is 0 Å². The first-order valence-electron chi connectivity index (χ1n) is 7.34. The van der Waals surface area contributed by atoms with E-state index in [0.717, 1.165) is 12.2 Å². The second kappa shape index (κ2) is 5.20. The lowest BCUT2D eigenvalue weighted by molar-refractivity contribution is 0.718. The highest BCUT2D eigenvalue weighted by atomic mass is 15.2. The van der Waals surface area contributed by atoms with Crippen molar-refractivity contribution in [2.75, 3.05) is 17.2 Å². The Morgan fingerprint density at radius 3 is 2.70 bits per heavy atom. The number of anilines is 2. The second-order valence-electron chi connectivity index (χ2n) is 5.81. The average Bonchev–Trinajstić information content (AvgIpc) is 2.87. The zero-order valence-corrected chi connectivity index (χ0v) is 12.3. The zero-order valence-electron chi connectivity index (χ0n) is 12.3. The Bertz CT molecular complexity index is 619. The van der Waals surface area contributed by atoms with Gasteiger partial charge in [0.25, 0.3) is 0 Å². The van der Waals surface area contributed by atoms with E-state index in [4.69, 9.17) is 5.73 Å². The molecule has 0 aliphatic carbocycles. The minimum Gasteiger partial charge on any atom is -0.399 e. The number of aryl methyl sites for hydroxylation is 2. The fourth-order valence-electron chi connectivity index (χ4n) is 3.30. The van der Waals surface area contributed by atoms with Gasteiger partial charge in [-0.2, -0.15) is 0 Å². The van der Waals surface area contributed by atoms with Crippen LogP contribution in [0, 0.1) is 13.8 Å². The predicted molar refractivity (Wildman–Crippen MR) is 86.1 cm³/mol. The summed E-state index contributed by atoms with van der Waals surface area (Å²) in [7, 11) is 0. The average molecular weight is 266 g/mol. The van der Waals surface area contributed by atoms with Gasteiger partial charge in [-0.15, -0.1) is 0 Å². The number of nitrogen functional groups attached to an aromatic ring is 1. The van der Waals surface area contributed by atoms with E-state index >= 15 is 0 Å². The molecule has 0 amide bonds. The normalized spacial score (nSPS) is 18.5. The summed E-state index contributed by atoms with van der Waals surface area (Å²) in [4.78, 5) is 2.53. The zero-order chi connectivity index (χ0) is 14.1. The number of hydrogen-bond acceptors (Lipinski definition) is 2. The molecule has 104 valence electrons. The van der Waals surface area contributed by atoms with Gasteiger partial charge in [0.2, 0.25) is 0 Å². The lowest BCUT2D eigenvalue weighted by Gasteiger charge is -2.29. The molecule has 0 bridgehead atoms. The summed E-state index contributed by atoms with van der Waals surface area (Å²) in [6.45, 7) is 5.48. The summed E-state index contributed by atoms with van der Waals surface area (Å²) in [6.07, 6.45) is 2.45. The summed E-state index contributed by atoms with van der Waals surface area (Å²) >= 11 is 0. The molecule has 0 spiro atoms. The van der Waals surface area contributed by atoms with E-state index in [1.54, 1.807) is 0 Å². The van der Waals surface area contributed by atoms with Crippen LogP contribution in [0.2, 0.25) is 0 Å². The number of rotatable bonds is 2. The van der Waals surface area contributed by atoms with Crippen LogP contribution in [0.25, 0.3) is 0 Å². The molecule has 2 nitrogen and oxygen atoms in total. The molecule has 1 unspecified atom stereocenters. The maximum absolute atomic E-state index is 5.94. The van der Waals surface area contributed by atoms with Gasteiger partial charge in [-0.25, -0.2) is 0 Å². The van der Waals surface area contributed by atoms with E-state index in [1.165, 1.54) is 35.2 Å². The van der Waals surface area contributed by atoms with Crippen molar-refractivity contribution in [2.24, 2.45) is 0 Å². The Morgan fingerprint density at radius 1 is 1.10 bits per heavy atom. The molecule has 0 radical (unpaired) electrons. The third-order valence-electron chi connectivity index (χ3n) is 4.21. The van der Waals surface area contributed by atoms with E-state index in [9.17, 15) is 0 Å². The van der Waals surface area contributed by atoms with Gasteiger partial charge in [-0.1, -0.05) is 29.8 Å². The van der Waals surface area contributed by atoms with Crippen LogP contribution in [0.5, 0.6) is 0 Å². The molecule has 0 aromatic heterocycles. The van der Waals surface area contributed by atoms with E-state index in [1.807, 2.05) is 6.07 Å². The molecule has 2 aromatic rings. The number of nitrogens with zero attached hydrogens (tertiary/aromatic N) is 1. The van der Waals surface area contributed by atoms with Crippen molar-refractivity contribution < 1.29 is 0 Å². The van der Waals surface area contributed by atoms with Crippen molar-refractivity contribution in [1.29, 1.82) is 0 Å². The van der Waals surface area contributed by atoms with Gasteiger partial charge in [0.05, 0.1) is 6.04 Å². The van der Waals surface area contributed by atoms with E-state index in [2.05, 4.69) is 55.1 Å². The first-order chi connectivity index (χ1) is 9.65. The van der Waals surface area contributed by atoms with Crippen LogP contribution in [0.3, 0.4) is 0 Å². The number of benzene rings is 2. The maximum atomic E-state index is 5.94. The molecule has 2 aromatic carbocycles. The summed E-state index contributed by atoms with van der Waals surface area (Å²) in [5.41, 5.74) is 12.2. The van der Waals surface area contributed by atoms with Crippen LogP contribution in [-0.4, -0.2) is 6.54 Å². The Morgan fingerprint density at radius 2 is 1.95 bits per heavy atom. The quantitative estimate of drug-likeness (QED) is 0.824. The van der Waals surface area contributed by atoms with Crippen LogP contribution < -0.4 is 10.6 Å². The third kappa shape index (κ3) is 2.38. The number of hydrogen-bond donors (Lipinski definition) is 1. The van der Waals surface area contributed by atoms with Crippen molar-refractivity contribution in [2.45, 2.75) is 32.7 Å². The van der Waals surface area contributed by atoms with Gasteiger partial charge < -0.3 is 10.6 Å². The lowest BCUT2D eigenvalue weighted by atomic mass is 10.0. The van der Waals surface area contributed by atoms with Crippen molar-refractivity contribution in [1.82, 2.24) is 0 Å².